The molecule has 22 heteroatoms. The zero-order valence-electron chi connectivity index (χ0n) is 31.9. The molecular weight excluding hydrogens is 834 g/mol. The molecular formula is C35H53AlClLiN12O3S4. The van der Waals surface area contributed by atoms with E-state index in [2.05, 4.69) is 62.0 Å². The van der Waals surface area contributed by atoms with Gasteiger partial charge in [0.25, 0.3) is 0 Å². The first-order chi connectivity index (χ1) is 25.3. The van der Waals surface area contributed by atoms with Crippen LogP contribution >= 0.6 is 57.8 Å². The fourth-order valence-electron chi connectivity index (χ4n) is 5.22. The summed E-state index contributed by atoms with van der Waals surface area (Å²) in [4.78, 5) is 17.9. The SMILES string of the molecule is C.C.CCn1ncc2sc(C(=O)OC)cc21.CCn1ncc2sc(CN)cc21.CCn1ncc2sc(CN=[N+]=[N-])cc21.CCn1ncc2sc(CO)cc21.Cl.[AlH3].[H-].[Li+]. The molecule has 0 saturated heterocycles. The number of rotatable bonds is 9. The summed E-state index contributed by atoms with van der Waals surface area (Å²) in [6, 6.07) is 7.97. The molecule has 0 amide bonds. The number of thiophene rings is 4. The van der Waals surface area contributed by atoms with Gasteiger partial charge in [0.1, 0.15) is 4.88 Å². The number of aromatic nitrogens is 8. The van der Waals surface area contributed by atoms with Crippen molar-refractivity contribution in [2.45, 2.75) is 88.4 Å². The van der Waals surface area contributed by atoms with Crippen LogP contribution in [0.5, 0.6) is 0 Å². The zero-order chi connectivity index (χ0) is 37.2. The molecule has 8 aromatic rings. The average molecular weight is 888 g/mol. The number of azide groups is 1. The van der Waals surface area contributed by atoms with E-state index >= 15 is 0 Å². The molecule has 0 aliphatic heterocycles. The van der Waals surface area contributed by atoms with E-state index in [-0.39, 0.29) is 77.5 Å². The molecule has 0 aliphatic carbocycles. The standard InChI is InChI=1S/C9H10N2O2S.C8H9N5S.C8H11N3S.C8H10N2OS.2CH4.Al.ClH.Li.4H/c1-3-11-6-4-7(9(12)13-2)14-8(6)5-10-11;1-2-13-7-3-6(4-10-12-9)14-8(7)5-11-13;1-2-11-7-3-6(4-9)12-8(7)5-10-11;1-2-10-7-3-6(5-11)12-8(7)4-9-10;;;;;;;;;/h4-5H,3H2,1-2H3;3,5H,2,4H2,1H3;3,5H,2,4,9H2,1H3;3-4,11H,2,5H2,1H3;2*1H4;;1H;;;;;/q;;;;;;;;+1;;;;-1. The number of nitrogens with two attached hydrogens (primary N) is 1. The van der Waals surface area contributed by atoms with Gasteiger partial charge in [-0.1, -0.05) is 20.0 Å². The maximum atomic E-state index is 11.2. The van der Waals surface area contributed by atoms with Gasteiger partial charge < -0.3 is 17.0 Å². The number of hydrogen-bond acceptors (Lipinski definition) is 13. The minimum Gasteiger partial charge on any atom is -1.00 e. The van der Waals surface area contributed by atoms with Gasteiger partial charge in [0, 0.05) is 52.3 Å². The maximum absolute atomic E-state index is 11.2. The Morgan fingerprint density at radius 1 is 0.754 bits per heavy atom. The number of ether oxygens (including phenoxy) is 1. The van der Waals surface area contributed by atoms with E-state index in [9.17, 15) is 4.79 Å². The first-order valence-electron chi connectivity index (χ1n) is 16.5. The van der Waals surface area contributed by atoms with Gasteiger partial charge in [-0.15, -0.1) is 57.8 Å². The van der Waals surface area contributed by atoms with Crippen molar-refractivity contribution in [1.29, 1.82) is 0 Å². The molecule has 0 bridgehead atoms. The van der Waals surface area contributed by atoms with Crippen LogP contribution in [0.4, 0.5) is 0 Å². The predicted molar refractivity (Wildman–Crippen MR) is 243 cm³/mol. The number of aliphatic hydroxyl groups is 1. The summed E-state index contributed by atoms with van der Waals surface area (Å²) < 4.78 is 16.9. The van der Waals surface area contributed by atoms with Crippen molar-refractivity contribution in [3.8, 4) is 0 Å². The monoisotopic (exact) mass is 886 g/mol. The Kier molecular flexibility index (Phi) is 24.6. The zero-order valence-corrected chi connectivity index (χ0v) is 35.0. The van der Waals surface area contributed by atoms with Crippen LogP contribution in [0.1, 0.15) is 68.3 Å². The Balaban J connectivity index is 0. The summed E-state index contributed by atoms with van der Waals surface area (Å²) >= 11 is 6.36. The van der Waals surface area contributed by atoms with Crippen molar-refractivity contribution in [1.82, 2.24) is 39.1 Å². The number of aliphatic hydroxyl groups excluding tert-OH is 1. The van der Waals surface area contributed by atoms with Crippen LogP contribution in [0.15, 0.2) is 54.2 Å². The predicted octanol–water partition coefficient (Wildman–Crippen LogP) is 5.65. The molecule has 57 heavy (non-hydrogen) atoms. The van der Waals surface area contributed by atoms with Crippen LogP contribution in [-0.2, 0) is 50.6 Å². The Hall–Kier alpha value is -3.20. The van der Waals surface area contributed by atoms with Crippen LogP contribution < -0.4 is 24.6 Å². The van der Waals surface area contributed by atoms with Crippen LogP contribution in [0.3, 0.4) is 0 Å². The molecule has 15 nitrogen and oxygen atoms in total. The third-order valence-corrected chi connectivity index (χ3v) is 11.9. The second kappa shape index (κ2) is 26.0. The van der Waals surface area contributed by atoms with E-state index in [1.165, 1.54) is 33.5 Å². The van der Waals surface area contributed by atoms with Crippen molar-refractivity contribution in [3.63, 3.8) is 0 Å². The van der Waals surface area contributed by atoms with Crippen molar-refractivity contribution in [3.05, 3.63) is 79.0 Å². The molecule has 0 aliphatic rings. The molecule has 0 fully saturated rings. The largest absolute Gasteiger partial charge is 1.00 e. The van der Waals surface area contributed by atoms with Crippen molar-refractivity contribution < 1.29 is 34.9 Å². The van der Waals surface area contributed by atoms with Gasteiger partial charge in [-0.25, -0.2) is 4.79 Å². The van der Waals surface area contributed by atoms with Gasteiger partial charge in [0.05, 0.1) is 85.9 Å². The van der Waals surface area contributed by atoms with Crippen molar-refractivity contribution in [2.75, 3.05) is 7.11 Å². The van der Waals surface area contributed by atoms with E-state index < -0.39 is 0 Å². The van der Waals surface area contributed by atoms with Gasteiger partial charge >= 0.3 is 24.8 Å². The maximum Gasteiger partial charge on any atom is 1.00 e. The summed E-state index contributed by atoms with van der Waals surface area (Å²) in [5.41, 5.74) is 18.2. The van der Waals surface area contributed by atoms with Crippen molar-refractivity contribution in [2.24, 2.45) is 10.8 Å². The summed E-state index contributed by atoms with van der Waals surface area (Å²) in [7, 11) is 1.39. The first-order valence-corrected chi connectivity index (χ1v) is 19.8. The number of hydrogen-bond donors (Lipinski definition) is 2. The summed E-state index contributed by atoms with van der Waals surface area (Å²) in [6.45, 7) is 12.9. The summed E-state index contributed by atoms with van der Waals surface area (Å²) in [6.07, 6.45) is 7.38. The van der Waals surface area contributed by atoms with E-state index in [1.807, 2.05) is 62.4 Å². The molecule has 306 valence electrons. The molecule has 0 saturated carbocycles. The molecule has 0 atom stereocenters. The first kappa shape index (κ1) is 53.8. The molecule has 0 spiro atoms. The number of aryl methyl sites for hydroxylation is 4. The Labute approximate surface area is 378 Å². The molecule has 8 rings (SSSR count). The number of halogens is 1. The van der Waals surface area contributed by atoms with Crippen LogP contribution in [0, 0.1) is 0 Å². The topological polar surface area (TPSA) is 193 Å². The number of carbonyl (C=O) groups excluding carboxylic acids is 1. The molecule has 8 heterocycles. The number of methoxy groups -OCH3 is 1. The fourth-order valence-corrected chi connectivity index (χ4v) is 8.89. The fraction of sp³-hybridized carbons (Fsp3) is 0.400. The normalized spacial score (nSPS) is 9.88. The smallest absolute Gasteiger partial charge is 1.00 e. The average Bonchev–Trinajstić information content (AvgIpc) is 4.01. The van der Waals surface area contributed by atoms with Crippen LogP contribution in [0.25, 0.3) is 51.3 Å². The quantitative estimate of drug-likeness (QED) is 0.0611. The molecule has 0 unspecified atom stereocenters. The number of carbonyl (C=O) groups is 1. The van der Waals surface area contributed by atoms with Gasteiger partial charge in [-0.3, -0.25) is 18.7 Å². The van der Waals surface area contributed by atoms with Crippen LogP contribution in [-0.4, -0.2) is 74.7 Å². The van der Waals surface area contributed by atoms with Gasteiger partial charge in [-0.2, -0.15) is 20.4 Å². The Morgan fingerprint density at radius 3 is 1.51 bits per heavy atom. The summed E-state index contributed by atoms with van der Waals surface area (Å²) in [5, 5.41) is 29.3. The second-order valence-corrected chi connectivity index (χ2v) is 15.4. The number of esters is 1. The minimum absolute atomic E-state index is 0. The van der Waals surface area contributed by atoms with Gasteiger partial charge in [-0.05, 0) is 57.5 Å². The van der Waals surface area contributed by atoms with E-state index in [1.54, 1.807) is 40.2 Å². The number of fused-ring (bicyclic) bond motifs is 4. The Bertz CT molecular complexity index is 2370. The third kappa shape index (κ3) is 12.9. The van der Waals surface area contributed by atoms with Gasteiger partial charge in [0.15, 0.2) is 17.4 Å². The molecule has 3 N–H and O–H groups in total. The molecule has 0 aromatic carbocycles. The van der Waals surface area contributed by atoms with E-state index in [0.717, 1.165) is 66.6 Å². The number of nitrogens with zero attached hydrogens (tertiary/aromatic N) is 11. The minimum atomic E-state index is -0.283. The Morgan fingerprint density at radius 2 is 1.12 bits per heavy atom. The van der Waals surface area contributed by atoms with Crippen LogP contribution in [0.2, 0.25) is 0 Å². The van der Waals surface area contributed by atoms with Gasteiger partial charge in [0.2, 0.25) is 0 Å². The molecule has 8 aromatic heterocycles. The second-order valence-electron chi connectivity index (χ2n) is 10.8. The summed E-state index contributed by atoms with van der Waals surface area (Å²) in [5.74, 6) is -0.283. The third-order valence-electron chi connectivity index (χ3n) is 7.72. The van der Waals surface area contributed by atoms with E-state index in [0.29, 0.717) is 18.0 Å². The van der Waals surface area contributed by atoms with E-state index in [4.69, 9.17) is 16.4 Å². The molecule has 0 radical (unpaired) electrons. The van der Waals surface area contributed by atoms with Crippen molar-refractivity contribution >= 4 is 122 Å².